The standard InChI is InChI=1S/C17H21NO4S/c1-12(21-18(2)22-23-4)15-8-7-14-6-5-13(9-16(14)11-15)10-17(19)20-3/h5-9,11-12H,10H2,1-4H3. The first-order valence-corrected chi connectivity index (χ1v) is 8.39. The SMILES string of the molecule is COC(=O)Cc1ccc2ccc(C(C)ON(C)OSC)cc2c1. The summed E-state index contributed by atoms with van der Waals surface area (Å²) in [7, 11) is 3.11. The first kappa shape index (κ1) is 17.7. The molecule has 0 radical (unpaired) electrons. The Morgan fingerprint density at radius 3 is 2.65 bits per heavy atom. The number of esters is 1. The molecule has 0 spiro atoms. The fraction of sp³-hybridized carbons (Fsp3) is 0.353. The Labute approximate surface area is 140 Å². The molecule has 5 nitrogen and oxygen atoms in total. The highest BCUT2D eigenvalue weighted by Crippen LogP contribution is 2.24. The van der Waals surface area contributed by atoms with E-state index in [9.17, 15) is 4.79 Å². The lowest BCUT2D eigenvalue weighted by Gasteiger charge is -2.20. The zero-order valence-corrected chi connectivity index (χ0v) is 14.6. The fourth-order valence-corrected chi connectivity index (χ4v) is 2.57. The average molecular weight is 335 g/mol. The monoisotopic (exact) mass is 335 g/mol. The zero-order valence-electron chi connectivity index (χ0n) is 13.7. The highest BCUT2D eigenvalue weighted by molar-refractivity contribution is 7.93. The molecular weight excluding hydrogens is 314 g/mol. The molecule has 124 valence electrons. The second-order valence-electron chi connectivity index (χ2n) is 5.12. The first-order chi connectivity index (χ1) is 11.0. The molecular formula is C17H21NO4S. The molecule has 0 aliphatic rings. The van der Waals surface area contributed by atoms with Crippen molar-refractivity contribution in [2.24, 2.45) is 0 Å². The van der Waals surface area contributed by atoms with Crippen molar-refractivity contribution in [3.05, 3.63) is 47.5 Å². The smallest absolute Gasteiger partial charge is 0.309 e. The Morgan fingerprint density at radius 2 is 1.96 bits per heavy atom. The molecule has 6 heteroatoms. The fourth-order valence-electron chi connectivity index (χ4n) is 2.32. The Hall–Kier alpha value is -1.60. The molecule has 2 aromatic carbocycles. The minimum absolute atomic E-state index is 0.152. The summed E-state index contributed by atoms with van der Waals surface area (Å²) < 4.78 is 9.89. The summed E-state index contributed by atoms with van der Waals surface area (Å²) in [5, 5.41) is 3.52. The van der Waals surface area contributed by atoms with Crippen LogP contribution < -0.4 is 0 Å². The third-order valence-electron chi connectivity index (χ3n) is 3.46. The van der Waals surface area contributed by atoms with Crippen LogP contribution in [0.15, 0.2) is 36.4 Å². The van der Waals surface area contributed by atoms with Crippen molar-refractivity contribution < 1.29 is 18.7 Å². The minimum atomic E-state index is -0.243. The Morgan fingerprint density at radius 1 is 1.22 bits per heavy atom. The lowest BCUT2D eigenvalue weighted by Crippen LogP contribution is -2.18. The topological polar surface area (TPSA) is 48.0 Å². The normalized spacial score (nSPS) is 12.6. The van der Waals surface area contributed by atoms with E-state index in [0.29, 0.717) is 0 Å². The maximum absolute atomic E-state index is 11.4. The van der Waals surface area contributed by atoms with Gasteiger partial charge < -0.3 is 4.74 Å². The van der Waals surface area contributed by atoms with E-state index in [1.165, 1.54) is 24.4 Å². The molecule has 0 aliphatic heterocycles. The molecule has 0 aromatic heterocycles. The van der Waals surface area contributed by atoms with Crippen LogP contribution in [-0.2, 0) is 25.1 Å². The highest BCUT2D eigenvalue weighted by atomic mass is 32.2. The quantitative estimate of drug-likeness (QED) is 0.437. The largest absolute Gasteiger partial charge is 0.469 e. The van der Waals surface area contributed by atoms with E-state index in [1.54, 1.807) is 7.05 Å². The van der Waals surface area contributed by atoms with E-state index in [2.05, 4.69) is 6.07 Å². The summed E-state index contributed by atoms with van der Waals surface area (Å²) in [6.45, 7) is 1.96. The van der Waals surface area contributed by atoms with Crippen molar-refractivity contribution >= 4 is 28.8 Å². The average Bonchev–Trinajstić information content (AvgIpc) is 2.54. The predicted octanol–water partition coefficient (Wildman–Crippen LogP) is 3.69. The van der Waals surface area contributed by atoms with Crippen LogP contribution in [0.5, 0.6) is 0 Å². The van der Waals surface area contributed by atoms with Crippen molar-refractivity contribution in [2.75, 3.05) is 20.4 Å². The summed E-state index contributed by atoms with van der Waals surface area (Å²) in [6, 6.07) is 12.1. The van der Waals surface area contributed by atoms with Crippen LogP contribution in [0.4, 0.5) is 0 Å². The number of carbonyl (C=O) groups is 1. The third kappa shape index (κ3) is 4.94. The van der Waals surface area contributed by atoms with Gasteiger partial charge in [0.2, 0.25) is 0 Å². The number of rotatable bonds is 7. The molecule has 2 rings (SSSR count). The molecule has 0 amide bonds. The second-order valence-corrected chi connectivity index (χ2v) is 5.60. The Balaban J connectivity index is 2.20. The van der Waals surface area contributed by atoms with Gasteiger partial charge in [0.05, 0.1) is 13.5 Å². The summed E-state index contributed by atoms with van der Waals surface area (Å²) in [5.41, 5.74) is 1.96. The van der Waals surface area contributed by atoms with Crippen LogP contribution in [0.2, 0.25) is 0 Å². The molecule has 0 heterocycles. The van der Waals surface area contributed by atoms with Gasteiger partial charge in [-0.25, -0.2) is 4.28 Å². The Kier molecular flexibility index (Phi) is 6.41. The lowest BCUT2D eigenvalue weighted by atomic mass is 10.0. The van der Waals surface area contributed by atoms with Crippen molar-refractivity contribution in [3.8, 4) is 0 Å². The van der Waals surface area contributed by atoms with E-state index in [1.807, 2.05) is 43.5 Å². The molecule has 0 saturated carbocycles. The number of hydrogen-bond acceptors (Lipinski definition) is 6. The molecule has 0 fully saturated rings. The van der Waals surface area contributed by atoms with Gasteiger partial charge in [0.25, 0.3) is 0 Å². The molecule has 2 aromatic rings. The molecule has 1 unspecified atom stereocenters. The van der Waals surface area contributed by atoms with Gasteiger partial charge in [0, 0.05) is 25.3 Å². The summed E-state index contributed by atoms with van der Waals surface area (Å²) in [5.74, 6) is -0.243. The number of carbonyl (C=O) groups excluding carboxylic acids is 1. The van der Waals surface area contributed by atoms with Gasteiger partial charge in [-0.2, -0.15) is 0 Å². The van der Waals surface area contributed by atoms with Crippen LogP contribution in [0, 0.1) is 0 Å². The van der Waals surface area contributed by atoms with Gasteiger partial charge in [-0.3, -0.25) is 9.63 Å². The molecule has 0 N–H and O–H groups in total. The number of fused-ring (bicyclic) bond motifs is 1. The maximum atomic E-state index is 11.4. The lowest BCUT2D eigenvalue weighted by molar-refractivity contribution is -0.316. The van der Waals surface area contributed by atoms with Crippen molar-refractivity contribution in [2.45, 2.75) is 19.4 Å². The highest BCUT2D eigenvalue weighted by Gasteiger charge is 2.11. The summed E-state index contributed by atoms with van der Waals surface area (Å²) in [4.78, 5) is 17.1. The van der Waals surface area contributed by atoms with E-state index in [-0.39, 0.29) is 18.5 Å². The van der Waals surface area contributed by atoms with Gasteiger partial charge in [-0.1, -0.05) is 35.6 Å². The number of hydroxylamine groups is 2. The summed E-state index contributed by atoms with van der Waals surface area (Å²) in [6.07, 6.45) is 1.94. The number of methoxy groups -OCH3 is 1. The van der Waals surface area contributed by atoms with Gasteiger partial charge in [0.1, 0.15) is 6.10 Å². The van der Waals surface area contributed by atoms with Crippen molar-refractivity contribution in [1.29, 1.82) is 0 Å². The third-order valence-corrected chi connectivity index (χ3v) is 3.82. The van der Waals surface area contributed by atoms with Crippen LogP contribution in [0.3, 0.4) is 0 Å². The number of benzene rings is 2. The number of nitrogens with zero attached hydrogens (tertiary/aromatic N) is 1. The molecule has 0 bridgehead atoms. The zero-order chi connectivity index (χ0) is 16.8. The van der Waals surface area contributed by atoms with E-state index in [0.717, 1.165) is 21.9 Å². The van der Waals surface area contributed by atoms with Crippen molar-refractivity contribution in [1.82, 2.24) is 5.23 Å². The van der Waals surface area contributed by atoms with E-state index < -0.39 is 0 Å². The molecule has 23 heavy (non-hydrogen) atoms. The Bertz CT molecular complexity index is 677. The van der Waals surface area contributed by atoms with Crippen LogP contribution >= 0.6 is 12.0 Å². The van der Waals surface area contributed by atoms with Gasteiger partial charge >= 0.3 is 5.97 Å². The van der Waals surface area contributed by atoms with Gasteiger partial charge in [-0.05, 0) is 34.9 Å². The minimum Gasteiger partial charge on any atom is -0.469 e. The molecule has 1 atom stereocenters. The molecule has 0 saturated heterocycles. The number of ether oxygens (including phenoxy) is 1. The van der Waals surface area contributed by atoms with Crippen LogP contribution in [-0.4, -0.2) is 31.6 Å². The predicted molar refractivity (Wildman–Crippen MR) is 91.5 cm³/mol. The summed E-state index contributed by atoms with van der Waals surface area (Å²) >= 11 is 1.22. The maximum Gasteiger partial charge on any atom is 0.309 e. The number of hydrogen-bond donors (Lipinski definition) is 0. The van der Waals surface area contributed by atoms with Gasteiger partial charge in [0.15, 0.2) is 0 Å². The van der Waals surface area contributed by atoms with E-state index >= 15 is 0 Å². The van der Waals surface area contributed by atoms with Gasteiger partial charge in [-0.15, -0.1) is 0 Å². The van der Waals surface area contributed by atoms with Crippen LogP contribution in [0.25, 0.3) is 10.8 Å². The first-order valence-electron chi connectivity index (χ1n) is 7.24. The molecule has 0 aliphatic carbocycles. The van der Waals surface area contributed by atoms with Crippen LogP contribution in [0.1, 0.15) is 24.2 Å². The van der Waals surface area contributed by atoms with E-state index in [4.69, 9.17) is 13.9 Å². The van der Waals surface area contributed by atoms with Crippen molar-refractivity contribution in [3.63, 3.8) is 0 Å². The second kappa shape index (κ2) is 8.31.